The Kier molecular flexibility index (Phi) is 6.15. The summed E-state index contributed by atoms with van der Waals surface area (Å²) in [4.78, 5) is 11.1. The van der Waals surface area contributed by atoms with E-state index in [-0.39, 0.29) is 5.56 Å². The molecule has 3 nitrogen and oxygen atoms in total. The molecule has 0 fully saturated rings. The number of carboxylic acid groups (broad SMARTS) is 1. The smallest absolute Gasteiger partial charge is 0.335 e. The molecule has 0 radical (unpaired) electrons. The monoisotopic (exact) mass is 272 g/mol. The molecule has 0 atom stereocenters. The summed E-state index contributed by atoms with van der Waals surface area (Å²) in [7, 11) is 0. The van der Waals surface area contributed by atoms with E-state index in [1.54, 1.807) is 0 Å². The summed E-state index contributed by atoms with van der Waals surface area (Å²) in [5.41, 5.74) is 0.0991. The second kappa shape index (κ2) is 7.38. The van der Waals surface area contributed by atoms with Gasteiger partial charge in [-0.05, 0) is 24.1 Å². The lowest BCUT2D eigenvalue weighted by atomic mass is 10.2. The fourth-order valence-electron chi connectivity index (χ4n) is 1.28. The fraction of sp³-hybridized carbons (Fsp3) is 0.462. The molecule has 0 aliphatic rings. The predicted molar refractivity (Wildman–Crippen MR) is 69.7 cm³/mol. The largest absolute Gasteiger partial charge is 0.478 e. The van der Waals surface area contributed by atoms with Gasteiger partial charge in [0.2, 0.25) is 0 Å². The van der Waals surface area contributed by atoms with Gasteiger partial charge in [0.25, 0.3) is 0 Å². The van der Waals surface area contributed by atoms with Crippen LogP contribution in [0.25, 0.3) is 0 Å². The van der Waals surface area contributed by atoms with Gasteiger partial charge in [0.15, 0.2) is 0 Å². The number of thioether (sulfide) groups is 1. The highest BCUT2D eigenvalue weighted by molar-refractivity contribution is 7.99. The van der Waals surface area contributed by atoms with Gasteiger partial charge >= 0.3 is 5.97 Å². The molecule has 0 aliphatic heterocycles. The molecule has 0 saturated carbocycles. The van der Waals surface area contributed by atoms with Crippen LogP contribution in [0.2, 0.25) is 0 Å². The zero-order valence-corrected chi connectivity index (χ0v) is 11.3. The Bertz CT molecular complexity index is 407. The first-order valence-corrected chi connectivity index (χ1v) is 6.72. The van der Waals surface area contributed by atoms with Crippen molar-refractivity contribution in [3.05, 3.63) is 29.6 Å². The van der Waals surface area contributed by atoms with Gasteiger partial charge in [0, 0.05) is 17.3 Å². The predicted octanol–water partition coefficient (Wildman–Crippen LogP) is 3.29. The summed E-state index contributed by atoms with van der Waals surface area (Å²) in [5, 5.41) is 8.81. The fourth-order valence-corrected chi connectivity index (χ4v) is 2.11. The highest BCUT2D eigenvalue weighted by atomic mass is 32.2. The van der Waals surface area contributed by atoms with E-state index in [0.29, 0.717) is 29.8 Å². The number of hydrogen-bond acceptors (Lipinski definition) is 3. The lowest BCUT2D eigenvalue weighted by Crippen LogP contribution is -2.05. The second-order valence-corrected chi connectivity index (χ2v) is 5.40. The van der Waals surface area contributed by atoms with Crippen LogP contribution in [0.3, 0.4) is 0 Å². The van der Waals surface area contributed by atoms with Crippen molar-refractivity contribution in [3.63, 3.8) is 0 Å². The van der Waals surface area contributed by atoms with Gasteiger partial charge in [-0.3, -0.25) is 0 Å². The minimum atomic E-state index is -1.05. The van der Waals surface area contributed by atoms with Crippen molar-refractivity contribution in [1.82, 2.24) is 0 Å². The number of halogens is 1. The number of carbonyl (C=O) groups is 1. The van der Waals surface area contributed by atoms with Crippen LogP contribution in [-0.4, -0.2) is 30.0 Å². The molecule has 0 aromatic heterocycles. The standard InChI is InChI=1S/C13H17FO3S/c1-9(2)8-17-5-6-18-12-7-10(13(15)16)3-4-11(12)14/h3-4,7,9H,5-6,8H2,1-2H3,(H,15,16). The van der Waals surface area contributed by atoms with Crippen LogP contribution in [0, 0.1) is 11.7 Å². The average molecular weight is 272 g/mol. The number of carboxylic acids is 1. The summed E-state index contributed by atoms with van der Waals surface area (Å²) < 4.78 is 18.8. The molecule has 1 N–H and O–H groups in total. The minimum Gasteiger partial charge on any atom is -0.478 e. The molecule has 0 unspecified atom stereocenters. The first-order chi connectivity index (χ1) is 8.50. The van der Waals surface area contributed by atoms with E-state index in [9.17, 15) is 9.18 Å². The van der Waals surface area contributed by atoms with Crippen molar-refractivity contribution in [3.8, 4) is 0 Å². The van der Waals surface area contributed by atoms with Crippen molar-refractivity contribution in [2.75, 3.05) is 19.0 Å². The maximum Gasteiger partial charge on any atom is 0.335 e. The highest BCUT2D eigenvalue weighted by Gasteiger charge is 2.08. The number of aromatic carboxylic acids is 1. The topological polar surface area (TPSA) is 46.5 Å². The molecule has 0 heterocycles. The molecule has 0 amide bonds. The summed E-state index contributed by atoms with van der Waals surface area (Å²) >= 11 is 1.27. The molecular formula is C13H17FO3S. The summed E-state index contributed by atoms with van der Waals surface area (Å²) in [5.74, 6) is -0.365. The van der Waals surface area contributed by atoms with E-state index >= 15 is 0 Å². The molecule has 0 saturated heterocycles. The highest BCUT2D eigenvalue weighted by Crippen LogP contribution is 2.23. The molecule has 0 bridgehead atoms. The Hall–Kier alpha value is -1.07. The van der Waals surface area contributed by atoms with Crippen LogP contribution >= 0.6 is 11.8 Å². The summed E-state index contributed by atoms with van der Waals surface area (Å²) in [6.07, 6.45) is 0. The van der Waals surface area contributed by atoms with E-state index in [1.807, 2.05) is 0 Å². The number of ether oxygens (including phenoxy) is 1. The van der Waals surface area contributed by atoms with Crippen LogP contribution in [-0.2, 0) is 4.74 Å². The number of benzene rings is 1. The molecule has 0 aliphatic carbocycles. The third kappa shape index (κ3) is 5.06. The molecule has 0 spiro atoms. The van der Waals surface area contributed by atoms with Crippen LogP contribution in [0.15, 0.2) is 23.1 Å². The van der Waals surface area contributed by atoms with E-state index < -0.39 is 11.8 Å². The van der Waals surface area contributed by atoms with Gasteiger partial charge in [-0.15, -0.1) is 11.8 Å². The Morgan fingerprint density at radius 1 is 1.50 bits per heavy atom. The zero-order valence-electron chi connectivity index (χ0n) is 10.5. The van der Waals surface area contributed by atoms with Gasteiger partial charge in [-0.2, -0.15) is 0 Å². The molecular weight excluding hydrogens is 255 g/mol. The Labute approximate surface area is 110 Å². The second-order valence-electron chi connectivity index (χ2n) is 4.27. The molecule has 100 valence electrons. The molecule has 5 heteroatoms. The molecule has 1 aromatic rings. The van der Waals surface area contributed by atoms with Gasteiger partial charge in [-0.25, -0.2) is 9.18 Å². The van der Waals surface area contributed by atoms with Gasteiger partial charge in [0.05, 0.1) is 12.2 Å². The zero-order chi connectivity index (χ0) is 13.5. The third-order valence-corrected chi connectivity index (χ3v) is 3.11. The lowest BCUT2D eigenvalue weighted by Gasteiger charge is -2.07. The van der Waals surface area contributed by atoms with Gasteiger partial charge in [-0.1, -0.05) is 13.8 Å². The Morgan fingerprint density at radius 3 is 2.83 bits per heavy atom. The van der Waals surface area contributed by atoms with Crippen molar-refractivity contribution in [2.24, 2.45) is 5.92 Å². The van der Waals surface area contributed by atoms with Crippen LogP contribution in [0.1, 0.15) is 24.2 Å². The SMILES string of the molecule is CC(C)COCCSc1cc(C(=O)O)ccc1F. The van der Waals surface area contributed by atoms with Crippen molar-refractivity contribution < 1.29 is 19.0 Å². The van der Waals surface area contributed by atoms with Crippen molar-refractivity contribution in [2.45, 2.75) is 18.7 Å². The third-order valence-electron chi connectivity index (χ3n) is 2.11. The van der Waals surface area contributed by atoms with Gasteiger partial charge in [0.1, 0.15) is 5.82 Å². The average Bonchev–Trinajstić information content (AvgIpc) is 2.30. The quantitative estimate of drug-likeness (QED) is 0.611. The Balaban J connectivity index is 2.46. The number of rotatable bonds is 7. The summed E-state index contributed by atoms with van der Waals surface area (Å²) in [6, 6.07) is 3.79. The van der Waals surface area contributed by atoms with Crippen LogP contribution < -0.4 is 0 Å². The van der Waals surface area contributed by atoms with E-state index in [2.05, 4.69) is 13.8 Å². The summed E-state index contributed by atoms with van der Waals surface area (Å²) in [6.45, 7) is 5.32. The van der Waals surface area contributed by atoms with E-state index in [1.165, 1.54) is 30.0 Å². The first-order valence-electron chi connectivity index (χ1n) is 5.74. The van der Waals surface area contributed by atoms with Crippen molar-refractivity contribution in [1.29, 1.82) is 0 Å². The van der Waals surface area contributed by atoms with Gasteiger partial charge < -0.3 is 9.84 Å². The van der Waals surface area contributed by atoms with Crippen LogP contribution in [0.5, 0.6) is 0 Å². The van der Waals surface area contributed by atoms with Crippen LogP contribution in [0.4, 0.5) is 4.39 Å². The molecule has 1 rings (SSSR count). The molecule has 18 heavy (non-hydrogen) atoms. The lowest BCUT2D eigenvalue weighted by molar-refractivity contribution is 0.0696. The Morgan fingerprint density at radius 2 is 2.22 bits per heavy atom. The van der Waals surface area contributed by atoms with E-state index in [4.69, 9.17) is 9.84 Å². The number of hydrogen-bond donors (Lipinski definition) is 1. The maximum absolute atomic E-state index is 13.4. The first kappa shape index (κ1) is 15.0. The maximum atomic E-state index is 13.4. The normalized spacial score (nSPS) is 10.9. The van der Waals surface area contributed by atoms with Crippen molar-refractivity contribution >= 4 is 17.7 Å². The molecule has 1 aromatic carbocycles. The van der Waals surface area contributed by atoms with E-state index in [0.717, 1.165) is 0 Å². The minimum absolute atomic E-state index is 0.0991.